The molecule has 1 aromatic heterocycles. The summed E-state index contributed by atoms with van der Waals surface area (Å²) < 4.78 is 11.2. The molecule has 3 aromatic rings. The second kappa shape index (κ2) is 10.1. The third-order valence-electron chi connectivity index (χ3n) is 6.20. The number of pyridine rings is 1. The van der Waals surface area contributed by atoms with Gasteiger partial charge in [-0.3, -0.25) is 19.4 Å². The van der Waals surface area contributed by atoms with Crippen LogP contribution in [0.2, 0.25) is 0 Å². The van der Waals surface area contributed by atoms with Gasteiger partial charge in [0.25, 0.3) is 5.91 Å². The van der Waals surface area contributed by atoms with Crippen LogP contribution in [0.25, 0.3) is 0 Å². The minimum atomic E-state index is -0.719. The number of fused-ring (bicyclic) bond motifs is 1. The fraction of sp³-hybridized carbons (Fsp3) is 0.259. The molecule has 1 fully saturated rings. The van der Waals surface area contributed by atoms with Gasteiger partial charge in [-0.2, -0.15) is 0 Å². The quantitative estimate of drug-likeness (QED) is 0.481. The lowest BCUT2D eigenvalue weighted by molar-refractivity contribution is -0.127. The number of benzene rings is 2. The van der Waals surface area contributed by atoms with Crippen LogP contribution >= 0.6 is 0 Å². The summed E-state index contributed by atoms with van der Waals surface area (Å²) in [6.07, 6.45) is 5.13. The lowest BCUT2D eigenvalue weighted by Crippen LogP contribution is -2.42. The zero-order chi connectivity index (χ0) is 25.1. The first-order chi connectivity index (χ1) is 17.5. The van der Waals surface area contributed by atoms with Gasteiger partial charge in [0.15, 0.2) is 11.5 Å². The number of hydrogen-bond donors (Lipinski definition) is 2. The van der Waals surface area contributed by atoms with E-state index in [0.29, 0.717) is 34.9 Å². The Balaban J connectivity index is 1.21. The van der Waals surface area contributed by atoms with Crippen molar-refractivity contribution in [2.75, 3.05) is 19.0 Å². The normalized spacial score (nSPS) is 16.3. The summed E-state index contributed by atoms with van der Waals surface area (Å²) in [5.74, 6) is 0.100. The van der Waals surface area contributed by atoms with Crippen LogP contribution in [-0.2, 0) is 16.2 Å². The second-order valence-corrected chi connectivity index (χ2v) is 8.71. The van der Waals surface area contributed by atoms with Crippen LogP contribution in [0, 0.1) is 0 Å². The van der Waals surface area contributed by atoms with E-state index in [-0.39, 0.29) is 24.4 Å². The summed E-state index contributed by atoms with van der Waals surface area (Å²) in [7, 11) is 1.54. The van der Waals surface area contributed by atoms with Gasteiger partial charge in [-0.25, -0.2) is 0 Å². The molecule has 2 heterocycles. The second-order valence-electron chi connectivity index (χ2n) is 8.71. The molecule has 0 bridgehead atoms. The van der Waals surface area contributed by atoms with Crippen molar-refractivity contribution in [3.63, 3.8) is 0 Å². The van der Waals surface area contributed by atoms with Gasteiger partial charge in [-0.05, 0) is 54.3 Å². The zero-order valence-electron chi connectivity index (χ0n) is 19.8. The number of nitrogens with zero attached hydrogens (tertiary/aromatic N) is 2. The maximum atomic E-state index is 13.1. The van der Waals surface area contributed by atoms with Gasteiger partial charge in [0, 0.05) is 35.8 Å². The van der Waals surface area contributed by atoms with Gasteiger partial charge in [0.05, 0.1) is 13.7 Å². The lowest BCUT2D eigenvalue weighted by atomic mass is 10.0. The predicted octanol–water partition coefficient (Wildman–Crippen LogP) is 3.08. The van der Waals surface area contributed by atoms with E-state index in [4.69, 9.17) is 9.47 Å². The summed E-state index contributed by atoms with van der Waals surface area (Å²) in [4.78, 5) is 44.2. The minimum absolute atomic E-state index is 0.0688. The standard InChI is InChI=1S/C27H26N4O5/c1-35-22-9-6-18(14-23(22)36-16-17-10-12-28-13-11-17)30-24(32)15-29-26(33)25-20-4-2-3-5-21(20)27(34)31(25)19-7-8-19/h2-6,9-14,19,25H,7-8,15-16H2,1H3,(H,29,33)(H,30,32)/t25-/m1/s1. The number of ether oxygens (including phenoxy) is 2. The summed E-state index contributed by atoms with van der Waals surface area (Å²) >= 11 is 0. The molecule has 2 aromatic carbocycles. The van der Waals surface area contributed by atoms with Gasteiger partial charge < -0.3 is 25.0 Å². The fourth-order valence-electron chi connectivity index (χ4n) is 4.31. The van der Waals surface area contributed by atoms with Crippen molar-refractivity contribution in [1.29, 1.82) is 0 Å². The molecule has 9 heteroatoms. The average molecular weight is 487 g/mol. The SMILES string of the molecule is COc1ccc(NC(=O)CNC(=O)[C@H]2c3ccccc3C(=O)N2C2CC2)cc1OCc1ccncc1. The molecular formula is C27H26N4O5. The van der Waals surface area contributed by atoms with Gasteiger partial charge >= 0.3 is 0 Å². The highest BCUT2D eigenvalue weighted by atomic mass is 16.5. The van der Waals surface area contributed by atoms with Crippen molar-refractivity contribution in [1.82, 2.24) is 15.2 Å². The van der Waals surface area contributed by atoms with Crippen molar-refractivity contribution >= 4 is 23.4 Å². The molecule has 0 unspecified atom stereocenters. The smallest absolute Gasteiger partial charge is 0.255 e. The molecule has 36 heavy (non-hydrogen) atoms. The topological polar surface area (TPSA) is 110 Å². The first kappa shape index (κ1) is 23.3. The van der Waals surface area contributed by atoms with E-state index >= 15 is 0 Å². The molecule has 1 aliphatic carbocycles. The third kappa shape index (κ3) is 4.86. The van der Waals surface area contributed by atoms with Crippen LogP contribution in [0.1, 0.15) is 40.4 Å². The molecule has 1 atom stereocenters. The maximum Gasteiger partial charge on any atom is 0.255 e. The molecule has 0 radical (unpaired) electrons. The van der Waals surface area contributed by atoms with E-state index in [1.165, 1.54) is 0 Å². The van der Waals surface area contributed by atoms with E-state index in [1.54, 1.807) is 60.8 Å². The molecule has 0 spiro atoms. The molecule has 0 saturated heterocycles. The Kier molecular flexibility index (Phi) is 6.53. The number of aromatic nitrogens is 1. The summed E-state index contributed by atoms with van der Waals surface area (Å²) in [5, 5.41) is 5.47. The number of hydrogen-bond acceptors (Lipinski definition) is 6. The van der Waals surface area contributed by atoms with Crippen molar-refractivity contribution in [2.24, 2.45) is 0 Å². The van der Waals surface area contributed by atoms with E-state index in [0.717, 1.165) is 18.4 Å². The van der Waals surface area contributed by atoms with Gasteiger partial charge in [-0.1, -0.05) is 18.2 Å². The van der Waals surface area contributed by atoms with E-state index in [9.17, 15) is 14.4 Å². The van der Waals surface area contributed by atoms with Crippen molar-refractivity contribution in [3.05, 3.63) is 83.7 Å². The Morgan fingerprint density at radius 1 is 1.06 bits per heavy atom. The molecule has 2 aliphatic rings. The van der Waals surface area contributed by atoms with Gasteiger partial charge in [0.2, 0.25) is 11.8 Å². The Hall–Kier alpha value is -4.40. The van der Waals surface area contributed by atoms with Crippen molar-refractivity contribution < 1.29 is 23.9 Å². The highest BCUT2D eigenvalue weighted by molar-refractivity contribution is 6.05. The average Bonchev–Trinajstić information content (AvgIpc) is 3.70. The van der Waals surface area contributed by atoms with Gasteiger partial charge in [-0.15, -0.1) is 0 Å². The monoisotopic (exact) mass is 486 g/mol. The summed E-state index contributed by atoms with van der Waals surface area (Å²) in [6.45, 7) is 0.0782. The summed E-state index contributed by atoms with van der Waals surface area (Å²) in [6, 6.07) is 15.2. The van der Waals surface area contributed by atoms with E-state index in [2.05, 4.69) is 15.6 Å². The third-order valence-corrected chi connectivity index (χ3v) is 6.20. The Bertz CT molecular complexity index is 1290. The maximum absolute atomic E-state index is 13.1. The molecule has 5 rings (SSSR count). The van der Waals surface area contributed by atoms with Crippen LogP contribution in [0.15, 0.2) is 67.0 Å². The zero-order valence-corrected chi connectivity index (χ0v) is 19.8. The number of nitrogens with one attached hydrogen (secondary N) is 2. The largest absolute Gasteiger partial charge is 0.493 e. The molecule has 1 aliphatic heterocycles. The van der Waals surface area contributed by atoms with Gasteiger partial charge in [0.1, 0.15) is 12.6 Å². The number of carbonyl (C=O) groups is 3. The van der Waals surface area contributed by atoms with Crippen LogP contribution in [-0.4, -0.2) is 47.3 Å². The van der Waals surface area contributed by atoms with Crippen molar-refractivity contribution in [3.8, 4) is 11.5 Å². The molecule has 2 N–H and O–H groups in total. The highest BCUT2D eigenvalue weighted by Crippen LogP contribution is 2.41. The Morgan fingerprint density at radius 3 is 2.58 bits per heavy atom. The number of rotatable bonds is 9. The Labute approximate surface area is 208 Å². The highest BCUT2D eigenvalue weighted by Gasteiger charge is 2.47. The number of carbonyl (C=O) groups excluding carboxylic acids is 3. The molecule has 9 nitrogen and oxygen atoms in total. The van der Waals surface area contributed by atoms with E-state index in [1.807, 2.05) is 18.2 Å². The first-order valence-corrected chi connectivity index (χ1v) is 11.7. The molecular weight excluding hydrogens is 460 g/mol. The van der Waals surface area contributed by atoms with Crippen molar-refractivity contribution in [2.45, 2.75) is 31.5 Å². The molecule has 184 valence electrons. The summed E-state index contributed by atoms with van der Waals surface area (Å²) in [5.41, 5.74) is 2.67. The van der Waals surface area contributed by atoms with Crippen LogP contribution < -0.4 is 20.1 Å². The van der Waals surface area contributed by atoms with E-state index < -0.39 is 11.9 Å². The Morgan fingerprint density at radius 2 is 1.83 bits per heavy atom. The predicted molar refractivity (Wildman–Crippen MR) is 132 cm³/mol. The lowest BCUT2D eigenvalue weighted by Gasteiger charge is -2.24. The number of amides is 3. The number of anilines is 1. The minimum Gasteiger partial charge on any atom is -0.493 e. The number of methoxy groups -OCH3 is 1. The van der Waals surface area contributed by atoms with Crippen LogP contribution in [0.4, 0.5) is 5.69 Å². The first-order valence-electron chi connectivity index (χ1n) is 11.7. The fourth-order valence-corrected chi connectivity index (χ4v) is 4.31. The van der Waals surface area contributed by atoms with Crippen LogP contribution in [0.5, 0.6) is 11.5 Å². The molecule has 1 saturated carbocycles. The van der Waals surface area contributed by atoms with Crippen LogP contribution in [0.3, 0.4) is 0 Å². The molecule has 3 amide bonds.